The van der Waals surface area contributed by atoms with Crippen LogP contribution < -0.4 is 10.1 Å². The van der Waals surface area contributed by atoms with Gasteiger partial charge in [0.05, 0.1) is 17.2 Å². The Hall–Kier alpha value is -3.18. The summed E-state index contributed by atoms with van der Waals surface area (Å²) in [6, 6.07) is 26.5. The van der Waals surface area contributed by atoms with E-state index in [0.717, 1.165) is 16.6 Å². The third-order valence-corrected chi connectivity index (χ3v) is 7.23. The highest BCUT2D eigenvalue weighted by atomic mass is 32.1. The first-order valence-corrected chi connectivity index (χ1v) is 10.8. The molecule has 150 valence electrons. The molecule has 1 aromatic heterocycles. The number of nitrogens with zero attached hydrogens (tertiary/aromatic N) is 1. The predicted octanol–water partition coefficient (Wildman–Crippen LogP) is 5.64. The van der Waals surface area contributed by atoms with E-state index in [1.165, 1.54) is 22.5 Å². The fourth-order valence-corrected chi connectivity index (χ4v) is 5.47. The van der Waals surface area contributed by atoms with Crippen molar-refractivity contribution in [1.29, 1.82) is 0 Å². The number of carbonyl (C=O) groups is 1. The van der Waals surface area contributed by atoms with Crippen molar-refractivity contribution < 1.29 is 9.53 Å². The second-order valence-electron chi connectivity index (χ2n) is 7.93. The lowest BCUT2D eigenvalue weighted by Gasteiger charge is -2.23. The lowest BCUT2D eigenvalue weighted by atomic mass is 9.80. The molecule has 1 unspecified atom stereocenters. The SMILES string of the molecule is COc1cccc2sc(NC(=O)C3(C)CC3(c3ccccc3)c3ccccc3)nc12. The number of para-hydroxylation sites is 1. The Balaban J connectivity index is 1.51. The van der Waals surface area contributed by atoms with Gasteiger partial charge in [-0.1, -0.05) is 78.1 Å². The molecule has 4 nitrogen and oxygen atoms in total. The third kappa shape index (κ3) is 2.73. The van der Waals surface area contributed by atoms with Crippen LogP contribution in [0.5, 0.6) is 5.75 Å². The Labute approximate surface area is 179 Å². The van der Waals surface area contributed by atoms with Gasteiger partial charge in [0.1, 0.15) is 11.3 Å². The Morgan fingerprint density at radius 3 is 2.20 bits per heavy atom. The number of nitrogens with one attached hydrogen (secondary N) is 1. The molecule has 1 aliphatic carbocycles. The molecule has 0 spiro atoms. The Bertz CT molecular complexity index is 1180. The van der Waals surface area contributed by atoms with Crippen molar-refractivity contribution in [2.75, 3.05) is 12.4 Å². The molecule has 1 atom stereocenters. The fraction of sp³-hybridized carbons (Fsp3) is 0.200. The van der Waals surface area contributed by atoms with Crippen molar-refractivity contribution in [3.05, 3.63) is 90.0 Å². The Kier molecular flexibility index (Phi) is 4.36. The summed E-state index contributed by atoms with van der Waals surface area (Å²) < 4.78 is 6.39. The summed E-state index contributed by atoms with van der Waals surface area (Å²) in [5.41, 5.74) is 2.21. The molecule has 4 aromatic rings. The number of hydrogen-bond acceptors (Lipinski definition) is 4. The number of methoxy groups -OCH3 is 1. The standard InChI is InChI=1S/C25H22N2O2S/c1-24(22(28)27-23-26-21-19(29-2)14-9-15-20(21)30-23)16-25(24,17-10-5-3-6-11-17)18-12-7-4-8-13-18/h3-15H,16H2,1-2H3,(H,26,27,28). The van der Waals surface area contributed by atoms with Crippen LogP contribution in [-0.2, 0) is 10.2 Å². The van der Waals surface area contributed by atoms with Gasteiger partial charge in [0.15, 0.2) is 5.13 Å². The molecule has 0 bridgehead atoms. The molecule has 5 heteroatoms. The van der Waals surface area contributed by atoms with Gasteiger partial charge in [0.2, 0.25) is 5.91 Å². The normalized spacial score (nSPS) is 19.4. The number of rotatable bonds is 5. The van der Waals surface area contributed by atoms with Gasteiger partial charge in [-0.3, -0.25) is 4.79 Å². The maximum atomic E-state index is 13.5. The molecule has 0 saturated heterocycles. The molecule has 30 heavy (non-hydrogen) atoms. The minimum atomic E-state index is -0.558. The van der Waals surface area contributed by atoms with E-state index in [1.54, 1.807) is 7.11 Å². The Morgan fingerprint density at radius 2 is 1.60 bits per heavy atom. The van der Waals surface area contributed by atoms with Crippen molar-refractivity contribution >= 4 is 32.6 Å². The first kappa shape index (κ1) is 18.8. The van der Waals surface area contributed by atoms with E-state index in [4.69, 9.17) is 4.74 Å². The number of benzene rings is 3. The highest BCUT2D eigenvalue weighted by molar-refractivity contribution is 7.22. The van der Waals surface area contributed by atoms with Gasteiger partial charge in [0, 0.05) is 5.41 Å². The van der Waals surface area contributed by atoms with E-state index in [9.17, 15) is 4.79 Å². The summed E-state index contributed by atoms with van der Waals surface area (Å²) in [7, 11) is 1.63. The molecule has 1 amide bonds. The van der Waals surface area contributed by atoms with E-state index in [0.29, 0.717) is 10.9 Å². The number of aromatic nitrogens is 1. The van der Waals surface area contributed by atoms with Crippen LogP contribution >= 0.6 is 11.3 Å². The summed E-state index contributed by atoms with van der Waals surface area (Å²) in [5.74, 6) is 0.707. The van der Waals surface area contributed by atoms with E-state index in [-0.39, 0.29) is 11.3 Å². The molecular weight excluding hydrogens is 392 g/mol. The average molecular weight is 415 g/mol. The molecule has 3 aromatic carbocycles. The summed E-state index contributed by atoms with van der Waals surface area (Å²) in [4.78, 5) is 18.1. The minimum Gasteiger partial charge on any atom is -0.494 e. The van der Waals surface area contributed by atoms with Crippen LogP contribution in [0.4, 0.5) is 5.13 Å². The van der Waals surface area contributed by atoms with Crippen LogP contribution in [0.25, 0.3) is 10.2 Å². The zero-order valence-corrected chi connectivity index (χ0v) is 17.7. The van der Waals surface area contributed by atoms with Crippen molar-refractivity contribution in [1.82, 2.24) is 4.98 Å². The summed E-state index contributed by atoms with van der Waals surface area (Å²) in [6.45, 7) is 2.05. The van der Waals surface area contributed by atoms with Gasteiger partial charge < -0.3 is 10.1 Å². The molecule has 0 aliphatic heterocycles. The molecule has 0 radical (unpaired) electrons. The minimum absolute atomic E-state index is 0.00627. The molecule has 1 fully saturated rings. The molecule has 5 rings (SSSR count). The molecule has 1 aliphatic rings. The smallest absolute Gasteiger partial charge is 0.233 e. The van der Waals surface area contributed by atoms with Crippen LogP contribution in [0.15, 0.2) is 78.9 Å². The van der Waals surface area contributed by atoms with Crippen molar-refractivity contribution in [2.45, 2.75) is 18.8 Å². The first-order valence-electron chi connectivity index (χ1n) is 9.94. The van der Waals surface area contributed by atoms with Gasteiger partial charge in [-0.05, 0) is 36.6 Å². The highest BCUT2D eigenvalue weighted by Gasteiger charge is 2.70. The van der Waals surface area contributed by atoms with Crippen LogP contribution in [0.3, 0.4) is 0 Å². The lowest BCUT2D eigenvalue weighted by molar-refractivity contribution is -0.121. The van der Waals surface area contributed by atoms with E-state index in [2.05, 4.69) is 41.5 Å². The monoisotopic (exact) mass is 414 g/mol. The van der Waals surface area contributed by atoms with Crippen LogP contribution in [0.2, 0.25) is 0 Å². The number of carbonyl (C=O) groups excluding carboxylic acids is 1. The van der Waals surface area contributed by atoms with E-state index in [1.807, 2.05) is 54.6 Å². The maximum Gasteiger partial charge on any atom is 0.233 e. The zero-order valence-electron chi connectivity index (χ0n) is 16.9. The van der Waals surface area contributed by atoms with Crippen molar-refractivity contribution in [3.8, 4) is 5.75 Å². The number of fused-ring (bicyclic) bond motifs is 1. The summed E-state index contributed by atoms with van der Waals surface area (Å²) >= 11 is 1.47. The molecular formula is C25H22N2O2S. The Morgan fingerprint density at radius 1 is 0.967 bits per heavy atom. The average Bonchev–Trinajstić information content (AvgIpc) is 3.24. The van der Waals surface area contributed by atoms with Gasteiger partial charge in [-0.15, -0.1) is 0 Å². The maximum absolute atomic E-state index is 13.5. The number of ether oxygens (including phenoxy) is 1. The van der Waals surface area contributed by atoms with Crippen LogP contribution in [0.1, 0.15) is 24.5 Å². The molecule has 1 heterocycles. The zero-order chi connectivity index (χ0) is 20.8. The van der Waals surface area contributed by atoms with Gasteiger partial charge in [0.25, 0.3) is 0 Å². The fourth-order valence-electron chi connectivity index (χ4n) is 4.59. The van der Waals surface area contributed by atoms with Crippen LogP contribution in [0, 0.1) is 5.41 Å². The number of amides is 1. The van der Waals surface area contributed by atoms with Crippen molar-refractivity contribution in [3.63, 3.8) is 0 Å². The van der Waals surface area contributed by atoms with Gasteiger partial charge in [-0.2, -0.15) is 0 Å². The van der Waals surface area contributed by atoms with Gasteiger partial charge in [-0.25, -0.2) is 4.98 Å². The van der Waals surface area contributed by atoms with Crippen molar-refractivity contribution in [2.24, 2.45) is 5.41 Å². The highest BCUT2D eigenvalue weighted by Crippen LogP contribution is 2.68. The number of hydrogen-bond donors (Lipinski definition) is 1. The topological polar surface area (TPSA) is 51.2 Å². The lowest BCUT2D eigenvalue weighted by Crippen LogP contribution is -2.30. The molecule has 1 saturated carbocycles. The quantitative estimate of drug-likeness (QED) is 0.460. The van der Waals surface area contributed by atoms with Gasteiger partial charge >= 0.3 is 0 Å². The number of anilines is 1. The summed E-state index contributed by atoms with van der Waals surface area (Å²) in [5, 5.41) is 3.69. The largest absolute Gasteiger partial charge is 0.494 e. The molecule has 1 N–H and O–H groups in total. The van der Waals surface area contributed by atoms with Crippen LogP contribution in [-0.4, -0.2) is 18.0 Å². The van der Waals surface area contributed by atoms with E-state index >= 15 is 0 Å². The third-order valence-electron chi connectivity index (χ3n) is 6.29. The second-order valence-corrected chi connectivity index (χ2v) is 8.96. The first-order chi connectivity index (χ1) is 14.6. The second kappa shape index (κ2) is 6.96. The number of thiazole rings is 1. The van der Waals surface area contributed by atoms with E-state index < -0.39 is 5.41 Å². The summed E-state index contributed by atoms with van der Waals surface area (Å²) in [6.07, 6.45) is 0.758. The predicted molar refractivity (Wildman–Crippen MR) is 121 cm³/mol.